The Bertz CT molecular complexity index is 731. The number of aromatic nitrogens is 3. The molecule has 134 valence electrons. The zero-order valence-corrected chi connectivity index (χ0v) is 14.4. The van der Waals surface area contributed by atoms with E-state index in [0.717, 1.165) is 56.6 Å². The number of amides is 2. The van der Waals surface area contributed by atoms with Crippen molar-refractivity contribution in [1.82, 2.24) is 25.2 Å². The van der Waals surface area contributed by atoms with E-state index in [1.165, 1.54) is 0 Å². The summed E-state index contributed by atoms with van der Waals surface area (Å²) in [4.78, 5) is 12.2. The fourth-order valence-corrected chi connectivity index (χ4v) is 4.08. The third kappa shape index (κ3) is 3.61. The molecule has 2 N–H and O–H groups in total. The lowest BCUT2D eigenvalue weighted by Gasteiger charge is -2.33. The highest BCUT2D eigenvalue weighted by Gasteiger charge is 2.38. The third-order valence-corrected chi connectivity index (χ3v) is 5.34. The van der Waals surface area contributed by atoms with E-state index in [-0.39, 0.29) is 12.1 Å². The lowest BCUT2D eigenvalue weighted by atomic mass is 9.82. The van der Waals surface area contributed by atoms with E-state index in [1.807, 2.05) is 28.8 Å². The van der Waals surface area contributed by atoms with E-state index in [1.54, 1.807) is 0 Å². The molecular formula is C18H25N5O2. The van der Waals surface area contributed by atoms with Crippen molar-refractivity contribution in [2.45, 2.75) is 50.7 Å². The van der Waals surface area contributed by atoms with Crippen LogP contribution >= 0.6 is 0 Å². The van der Waals surface area contributed by atoms with Crippen LogP contribution in [0.1, 0.15) is 37.9 Å². The molecule has 1 saturated carbocycles. The van der Waals surface area contributed by atoms with Crippen LogP contribution in [0.25, 0.3) is 5.65 Å². The molecule has 25 heavy (non-hydrogen) atoms. The van der Waals surface area contributed by atoms with Crippen molar-refractivity contribution in [1.29, 1.82) is 0 Å². The van der Waals surface area contributed by atoms with Crippen molar-refractivity contribution in [3.8, 4) is 0 Å². The van der Waals surface area contributed by atoms with Gasteiger partial charge in [-0.15, -0.1) is 10.2 Å². The number of ether oxygens (including phenoxy) is 1. The summed E-state index contributed by atoms with van der Waals surface area (Å²) in [6.07, 6.45) is 8.33. The van der Waals surface area contributed by atoms with Crippen LogP contribution in [0.15, 0.2) is 24.4 Å². The number of nitrogens with one attached hydrogen (secondary N) is 2. The summed E-state index contributed by atoms with van der Waals surface area (Å²) in [5.74, 6) is 1.41. The highest BCUT2D eigenvalue weighted by molar-refractivity contribution is 5.74. The number of rotatable bonds is 5. The maximum Gasteiger partial charge on any atom is 0.315 e. The van der Waals surface area contributed by atoms with Crippen LogP contribution in [0.5, 0.6) is 0 Å². The summed E-state index contributed by atoms with van der Waals surface area (Å²) in [5.41, 5.74) is 0.855. The molecule has 0 aromatic carbocycles. The summed E-state index contributed by atoms with van der Waals surface area (Å²) >= 11 is 0. The predicted octanol–water partition coefficient (Wildman–Crippen LogP) is 1.92. The van der Waals surface area contributed by atoms with Gasteiger partial charge in [0, 0.05) is 37.7 Å². The van der Waals surface area contributed by atoms with Gasteiger partial charge in [0.1, 0.15) is 5.82 Å². The number of fused-ring (bicyclic) bond motifs is 2. The van der Waals surface area contributed by atoms with Gasteiger partial charge >= 0.3 is 6.03 Å². The Labute approximate surface area is 147 Å². The number of hydrogen-bond donors (Lipinski definition) is 2. The maximum atomic E-state index is 12.2. The second-order valence-corrected chi connectivity index (χ2v) is 6.95. The average molecular weight is 343 g/mol. The van der Waals surface area contributed by atoms with E-state index < -0.39 is 0 Å². The number of carbonyl (C=O) groups is 1. The van der Waals surface area contributed by atoms with Gasteiger partial charge in [-0.3, -0.25) is 4.40 Å². The molecule has 7 nitrogen and oxygen atoms in total. The summed E-state index contributed by atoms with van der Waals surface area (Å²) in [6.45, 7) is 1.46. The second-order valence-electron chi connectivity index (χ2n) is 6.95. The van der Waals surface area contributed by atoms with E-state index in [9.17, 15) is 4.79 Å². The Kier molecular flexibility index (Phi) is 4.83. The van der Waals surface area contributed by atoms with E-state index >= 15 is 0 Å². The predicted molar refractivity (Wildman–Crippen MR) is 93.3 cm³/mol. The molecule has 7 heteroatoms. The molecule has 1 aliphatic carbocycles. The van der Waals surface area contributed by atoms with Crippen LogP contribution in [0.2, 0.25) is 0 Å². The van der Waals surface area contributed by atoms with Crippen molar-refractivity contribution < 1.29 is 9.53 Å². The fraction of sp³-hybridized carbons (Fsp3) is 0.611. The summed E-state index contributed by atoms with van der Waals surface area (Å²) < 4.78 is 7.75. The zero-order chi connectivity index (χ0) is 17.1. The molecule has 1 saturated heterocycles. The highest BCUT2D eigenvalue weighted by Crippen LogP contribution is 2.34. The standard InChI is InChI=1S/C18H25N5O2/c24-18(20-14-5-3-6-15-13(14)9-12-25-15)19-10-4-8-17-22-21-16-7-1-2-11-23(16)17/h1-2,7,11,13-15H,3-6,8-10,12H2,(H2,19,20,24). The molecule has 4 rings (SSSR count). The van der Waals surface area contributed by atoms with Crippen LogP contribution in [-0.2, 0) is 11.2 Å². The molecule has 1 aliphatic heterocycles. The third-order valence-electron chi connectivity index (χ3n) is 5.34. The maximum absolute atomic E-state index is 12.2. The molecule has 2 fully saturated rings. The van der Waals surface area contributed by atoms with Crippen LogP contribution in [-0.4, -0.2) is 45.9 Å². The quantitative estimate of drug-likeness (QED) is 0.813. The minimum Gasteiger partial charge on any atom is -0.378 e. The van der Waals surface area contributed by atoms with Crippen molar-refractivity contribution in [2.75, 3.05) is 13.2 Å². The lowest BCUT2D eigenvalue weighted by Crippen LogP contribution is -2.49. The van der Waals surface area contributed by atoms with Gasteiger partial charge in [-0.05, 0) is 44.2 Å². The second kappa shape index (κ2) is 7.39. The minimum atomic E-state index is -0.0661. The van der Waals surface area contributed by atoms with Crippen LogP contribution in [0, 0.1) is 5.92 Å². The molecule has 0 spiro atoms. The van der Waals surface area contributed by atoms with Crippen molar-refractivity contribution >= 4 is 11.7 Å². The topological polar surface area (TPSA) is 80.6 Å². The van der Waals surface area contributed by atoms with Gasteiger partial charge in [0.15, 0.2) is 5.65 Å². The van der Waals surface area contributed by atoms with Gasteiger partial charge in [0.25, 0.3) is 0 Å². The smallest absolute Gasteiger partial charge is 0.315 e. The minimum absolute atomic E-state index is 0.0661. The van der Waals surface area contributed by atoms with E-state index in [4.69, 9.17) is 4.74 Å². The molecule has 2 aliphatic rings. The van der Waals surface area contributed by atoms with Gasteiger partial charge in [-0.1, -0.05) is 6.07 Å². The van der Waals surface area contributed by atoms with E-state index in [2.05, 4.69) is 20.8 Å². The van der Waals surface area contributed by atoms with Crippen molar-refractivity contribution in [3.63, 3.8) is 0 Å². The number of urea groups is 1. The Morgan fingerprint density at radius 2 is 2.24 bits per heavy atom. The highest BCUT2D eigenvalue weighted by atomic mass is 16.5. The molecule has 0 bridgehead atoms. The van der Waals surface area contributed by atoms with E-state index in [0.29, 0.717) is 18.6 Å². The van der Waals surface area contributed by atoms with Gasteiger partial charge in [-0.25, -0.2) is 4.79 Å². The molecule has 3 atom stereocenters. The Balaban J connectivity index is 1.21. The van der Waals surface area contributed by atoms with Gasteiger partial charge in [-0.2, -0.15) is 0 Å². The van der Waals surface area contributed by atoms with Gasteiger partial charge < -0.3 is 15.4 Å². The largest absolute Gasteiger partial charge is 0.378 e. The Morgan fingerprint density at radius 1 is 1.28 bits per heavy atom. The fourth-order valence-electron chi connectivity index (χ4n) is 4.08. The monoisotopic (exact) mass is 343 g/mol. The molecule has 3 unspecified atom stereocenters. The average Bonchev–Trinajstić information content (AvgIpc) is 3.26. The van der Waals surface area contributed by atoms with Crippen molar-refractivity contribution in [2.24, 2.45) is 5.92 Å². The SMILES string of the molecule is O=C(NCCCc1nnc2ccccn12)NC1CCCC2OCCC12. The van der Waals surface area contributed by atoms with Crippen molar-refractivity contribution in [3.05, 3.63) is 30.2 Å². The number of aryl methyl sites for hydroxylation is 1. The molecular weight excluding hydrogens is 318 g/mol. The number of nitrogens with zero attached hydrogens (tertiary/aromatic N) is 3. The van der Waals surface area contributed by atoms with Gasteiger partial charge in [0.05, 0.1) is 6.10 Å². The Morgan fingerprint density at radius 3 is 3.20 bits per heavy atom. The number of carbonyl (C=O) groups excluding carboxylic acids is 1. The van der Waals surface area contributed by atoms with Crippen LogP contribution in [0.3, 0.4) is 0 Å². The zero-order valence-electron chi connectivity index (χ0n) is 14.4. The lowest BCUT2D eigenvalue weighted by molar-refractivity contribution is 0.0549. The van der Waals surface area contributed by atoms with Crippen LogP contribution in [0.4, 0.5) is 4.79 Å². The summed E-state index contributed by atoms with van der Waals surface area (Å²) in [6, 6.07) is 6.04. The number of hydrogen-bond acceptors (Lipinski definition) is 4. The first-order chi connectivity index (χ1) is 12.3. The Hall–Kier alpha value is -2.15. The van der Waals surface area contributed by atoms with Gasteiger partial charge in [0.2, 0.25) is 0 Å². The molecule has 2 amide bonds. The number of pyridine rings is 1. The molecule has 2 aromatic rings. The molecule has 0 radical (unpaired) electrons. The summed E-state index contributed by atoms with van der Waals surface area (Å²) in [7, 11) is 0. The normalized spacial score (nSPS) is 25.7. The van der Waals surface area contributed by atoms with Crippen LogP contribution < -0.4 is 10.6 Å². The first kappa shape index (κ1) is 16.3. The first-order valence-electron chi connectivity index (χ1n) is 9.26. The molecule has 2 aromatic heterocycles. The summed E-state index contributed by atoms with van der Waals surface area (Å²) in [5, 5.41) is 14.5. The molecule has 3 heterocycles. The first-order valence-corrected chi connectivity index (χ1v) is 9.26.